The van der Waals surface area contributed by atoms with Crippen LogP contribution in [0.25, 0.3) is 22.6 Å². The van der Waals surface area contributed by atoms with E-state index in [2.05, 4.69) is 30.8 Å². The zero-order valence-electron chi connectivity index (χ0n) is 16.6. The summed E-state index contributed by atoms with van der Waals surface area (Å²) in [4.78, 5) is 20.1. The van der Waals surface area contributed by atoms with E-state index in [4.69, 9.17) is 23.2 Å². The van der Waals surface area contributed by atoms with E-state index in [-0.39, 0.29) is 18.4 Å². The molecule has 0 aliphatic heterocycles. The van der Waals surface area contributed by atoms with Crippen molar-refractivity contribution >= 4 is 51.4 Å². The highest BCUT2D eigenvalue weighted by Gasteiger charge is 2.10. The van der Waals surface area contributed by atoms with Crippen molar-refractivity contribution in [3.05, 3.63) is 64.2 Å². The second-order valence-corrected chi connectivity index (χ2v) is 7.81. The summed E-state index contributed by atoms with van der Waals surface area (Å²) >= 11 is 13.2. The van der Waals surface area contributed by atoms with Crippen LogP contribution in [-0.4, -0.2) is 36.6 Å². The van der Waals surface area contributed by atoms with E-state index >= 15 is 0 Å². The van der Waals surface area contributed by atoms with Gasteiger partial charge in [-0.1, -0.05) is 40.5 Å². The molecule has 13 heteroatoms. The van der Waals surface area contributed by atoms with Crippen LogP contribution in [0.1, 0.15) is 0 Å². The number of carbonyl (C=O) groups is 1. The van der Waals surface area contributed by atoms with E-state index in [1.165, 1.54) is 16.0 Å². The Labute approximate surface area is 196 Å². The number of carboxylic acids is 1. The molecule has 164 valence electrons. The second-order valence-electron chi connectivity index (χ2n) is 6.14. The first-order valence-corrected chi connectivity index (χ1v) is 10.4. The van der Waals surface area contributed by atoms with Gasteiger partial charge in [-0.15, -0.1) is 16.4 Å². The van der Waals surface area contributed by atoms with Crippen molar-refractivity contribution in [3.8, 4) is 22.6 Å². The molecule has 0 unspecified atom stereocenters. The van der Waals surface area contributed by atoms with Crippen LogP contribution in [0.4, 0.5) is 5.13 Å². The van der Waals surface area contributed by atoms with E-state index in [0.717, 1.165) is 5.56 Å². The maximum atomic E-state index is 11.5. The van der Waals surface area contributed by atoms with Crippen LogP contribution < -0.4 is 16.7 Å². The zero-order chi connectivity index (χ0) is 21.8. The van der Waals surface area contributed by atoms with E-state index < -0.39 is 5.97 Å². The Balaban J connectivity index is 0.00000289. The number of carboxylic acid groups (broad SMARTS) is 1. The highest BCUT2D eigenvalue weighted by molar-refractivity contribution is 7.14. The molecule has 0 radical (unpaired) electrons. The molecule has 32 heavy (non-hydrogen) atoms. The average Bonchev–Trinajstić information content (AvgIpc) is 3.43. The van der Waals surface area contributed by atoms with Crippen molar-refractivity contribution in [1.82, 2.24) is 31.1 Å². The molecule has 0 atom stereocenters. The molecule has 0 fully saturated rings. The Morgan fingerprint density at radius 2 is 2.00 bits per heavy atom. The number of rotatable bonds is 7. The number of pyridine rings is 1. The van der Waals surface area contributed by atoms with Crippen LogP contribution in [-0.2, 0) is 11.3 Å². The lowest BCUT2D eigenvalue weighted by Gasteiger charge is -2.07. The van der Waals surface area contributed by atoms with Crippen molar-refractivity contribution in [1.29, 1.82) is 0 Å². The third kappa shape index (κ3) is 5.45. The van der Waals surface area contributed by atoms with Crippen LogP contribution in [0.5, 0.6) is 0 Å². The van der Waals surface area contributed by atoms with Crippen LogP contribution in [0.15, 0.2) is 59.3 Å². The van der Waals surface area contributed by atoms with E-state index in [1.54, 1.807) is 48.1 Å². The molecule has 5 N–H and O–H groups in total. The van der Waals surface area contributed by atoms with Crippen molar-refractivity contribution in [2.75, 3.05) is 5.43 Å². The lowest BCUT2D eigenvalue weighted by Crippen LogP contribution is -2.35. The Hall–Kier alpha value is -3.38. The molecule has 3 aromatic heterocycles. The third-order valence-corrected chi connectivity index (χ3v) is 5.51. The minimum Gasteiger partial charge on any atom is -0.543 e. The molecule has 3 heterocycles. The average molecular weight is 491 g/mol. The first kappa shape index (κ1) is 23.3. The number of aromatic nitrogens is 5. The van der Waals surface area contributed by atoms with Gasteiger partial charge in [0.15, 0.2) is 0 Å². The molecule has 0 saturated heterocycles. The molecule has 0 aliphatic rings. The molecule has 0 saturated carbocycles. The van der Waals surface area contributed by atoms with Gasteiger partial charge in [0.1, 0.15) is 11.4 Å². The molecular weight excluding hydrogens is 475 g/mol. The number of benzene rings is 1. The van der Waals surface area contributed by atoms with E-state index in [9.17, 15) is 9.90 Å². The van der Waals surface area contributed by atoms with Gasteiger partial charge in [-0.3, -0.25) is 10.4 Å². The number of nitrogens with one attached hydrogen (secondary N) is 1. The summed E-state index contributed by atoms with van der Waals surface area (Å²) in [6, 6.07) is 10.5. The van der Waals surface area contributed by atoms with Crippen molar-refractivity contribution in [3.63, 3.8) is 0 Å². The number of hydrogen-bond acceptors (Lipinski definition) is 9. The van der Waals surface area contributed by atoms with Gasteiger partial charge in [0, 0.05) is 17.1 Å². The summed E-state index contributed by atoms with van der Waals surface area (Å²) in [6.45, 7) is -0.153. The minimum absolute atomic E-state index is 0. The normalized spacial score (nSPS) is 11.1. The van der Waals surface area contributed by atoms with Crippen molar-refractivity contribution in [2.45, 2.75) is 6.54 Å². The molecule has 1 aromatic carbocycles. The Morgan fingerprint density at radius 3 is 2.72 bits per heavy atom. The van der Waals surface area contributed by atoms with Crippen LogP contribution in [0.2, 0.25) is 10.0 Å². The number of carbonyl (C=O) groups excluding carboxylic acids is 1. The summed E-state index contributed by atoms with van der Waals surface area (Å²) in [5, 5.41) is 26.4. The van der Waals surface area contributed by atoms with Gasteiger partial charge < -0.3 is 16.1 Å². The van der Waals surface area contributed by atoms with Gasteiger partial charge in [-0.25, -0.2) is 9.67 Å². The number of quaternary nitrogens is 1. The Morgan fingerprint density at radius 1 is 1.16 bits per heavy atom. The predicted octanol–water partition coefficient (Wildman–Crippen LogP) is 3.36. The van der Waals surface area contributed by atoms with Crippen LogP contribution in [0.3, 0.4) is 0 Å². The number of halogens is 2. The Bertz CT molecular complexity index is 1260. The highest BCUT2D eigenvalue weighted by atomic mass is 35.5. The molecule has 10 nitrogen and oxygen atoms in total. The number of hydrogen-bond donors (Lipinski definition) is 2. The first-order chi connectivity index (χ1) is 15.0. The molecule has 0 spiro atoms. The number of anilines is 1. The molecule has 4 rings (SSSR count). The van der Waals surface area contributed by atoms with Gasteiger partial charge in [-0.2, -0.15) is 5.10 Å². The smallest absolute Gasteiger partial charge is 0.203 e. The minimum atomic E-state index is -1.44. The quantitative estimate of drug-likeness (QED) is 0.296. The number of aliphatic carboxylic acids is 1. The second kappa shape index (κ2) is 10.3. The predicted molar refractivity (Wildman–Crippen MR) is 123 cm³/mol. The first-order valence-electron chi connectivity index (χ1n) is 8.76. The largest absolute Gasteiger partial charge is 0.543 e. The van der Waals surface area contributed by atoms with Gasteiger partial charge >= 0.3 is 0 Å². The number of hydrazone groups is 1. The van der Waals surface area contributed by atoms with Crippen LogP contribution in [0, 0.1) is 0 Å². The van der Waals surface area contributed by atoms with Gasteiger partial charge in [-0.05, 0) is 24.3 Å². The monoisotopic (exact) mass is 490 g/mol. The van der Waals surface area contributed by atoms with Gasteiger partial charge in [0.2, 0.25) is 5.13 Å². The van der Waals surface area contributed by atoms with Gasteiger partial charge in [0.05, 0.1) is 40.1 Å². The summed E-state index contributed by atoms with van der Waals surface area (Å²) in [5.74, 6) is -1.44. The lowest BCUT2D eigenvalue weighted by molar-refractivity contribution is -0.294. The van der Waals surface area contributed by atoms with Crippen molar-refractivity contribution in [2.24, 2.45) is 5.10 Å². The highest BCUT2D eigenvalue weighted by Crippen LogP contribution is 2.30. The standard InChI is InChI=1S/C19H13Cl2N7O2S.H3N/c20-12-5-4-11(7-13(12)21)17-10-31-19(23-17)26-24-16(18(29)30)9-28-8-15(25-27-28)14-3-1-2-6-22-14;/h1-8,10H,9H2,(H,23,26)(H,29,30);1H3/b24-16-;. The summed E-state index contributed by atoms with van der Waals surface area (Å²) < 4.78 is 1.34. The lowest BCUT2D eigenvalue weighted by atomic mass is 10.2. The van der Waals surface area contributed by atoms with Crippen molar-refractivity contribution < 1.29 is 9.90 Å². The molecule has 0 aliphatic carbocycles. The zero-order valence-corrected chi connectivity index (χ0v) is 18.9. The summed E-state index contributed by atoms with van der Waals surface area (Å²) in [7, 11) is 0. The van der Waals surface area contributed by atoms with E-state index in [0.29, 0.717) is 32.3 Å². The fourth-order valence-electron chi connectivity index (χ4n) is 2.53. The Kier molecular flexibility index (Phi) is 7.49. The third-order valence-electron chi connectivity index (χ3n) is 4.02. The summed E-state index contributed by atoms with van der Waals surface area (Å²) in [5.41, 5.74) is 4.92. The molecule has 0 amide bonds. The SMILES string of the molecule is O=C([O-])/C(Cn1cc(-c2ccccn2)nn1)=N\Nc1nc(-c2ccc(Cl)c(Cl)c2)cs1.[NH4+]. The van der Waals surface area contributed by atoms with E-state index in [1.807, 2.05) is 6.07 Å². The maximum absolute atomic E-state index is 11.5. The molecule has 4 aromatic rings. The fourth-order valence-corrected chi connectivity index (χ4v) is 3.49. The topological polar surface area (TPSA) is 158 Å². The fraction of sp³-hybridized carbons (Fsp3) is 0.0526. The number of nitrogens with zero attached hydrogens (tertiary/aromatic N) is 6. The maximum Gasteiger partial charge on any atom is 0.203 e. The summed E-state index contributed by atoms with van der Waals surface area (Å²) in [6.07, 6.45) is 3.21. The van der Waals surface area contributed by atoms with Gasteiger partial charge in [0.25, 0.3) is 0 Å². The number of thiazole rings is 1. The molecule has 0 bridgehead atoms. The van der Waals surface area contributed by atoms with Crippen LogP contribution >= 0.6 is 34.5 Å². The molecular formula is C19H16Cl2N8O2S.